The number of esters is 1. The molecule has 0 fully saturated rings. The van der Waals surface area contributed by atoms with Crippen molar-refractivity contribution in [1.29, 1.82) is 0 Å². The first-order valence-corrected chi connectivity index (χ1v) is 8.86. The smallest absolute Gasteiger partial charge is 0.345 e. The highest BCUT2D eigenvalue weighted by molar-refractivity contribution is 6.33. The molecule has 2 aromatic carbocycles. The summed E-state index contributed by atoms with van der Waals surface area (Å²) in [6, 6.07) is 13.0. The number of ether oxygens (including phenoxy) is 2. The summed E-state index contributed by atoms with van der Waals surface area (Å²) in [6.45, 7) is 1.79. The standard InChI is InChI=1S/C20H17ClN4O4/c1-12-9-16(24-23-12)19(26)25-22-11-13-7-8-17(18(10-13)28-2)29-20(27)14-5-3-4-6-15(14)21/h3-11H,1-2H3,(H,23,24)(H,25,26)/b22-11-. The number of hydrazone groups is 1. The van der Waals surface area contributed by atoms with E-state index in [-0.39, 0.29) is 17.0 Å². The lowest BCUT2D eigenvalue weighted by atomic mass is 10.2. The van der Waals surface area contributed by atoms with Crippen LogP contribution >= 0.6 is 11.6 Å². The van der Waals surface area contributed by atoms with Gasteiger partial charge in [0.05, 0.1) is 23.9 Å². The molecular weight excluding hydrogens is 396 g/mol. The number of hydrogen-bond acceptors (Lipinski definition) is 6. The molecule has 29 heavy (non-hydrogen) atoms. The van der Waals surface area contributed by atoms with Gasteiger partial charge in [-0.1, -0.05) is 23.7 Å². The van der Waals surface area contributed by atoms with Crippen molar-refractivity contribution in [3.05, 3.63) is 76.1 Å². The molecule has 0 bridgehead atoms. The van der Waals surface area contributed by atoms with E-state index >= 15 is 0 Å². The fourth-order valence-corrected chi connectivity index (χ4v) is 2.60. The highest BCUT2D eigenvalue weighted by Crippen LogP contribution is 2.29. The third kappa shape index (κ3) is 4.99. The summed E-state index contributed by atoms with van der Waals surface area (Å²) in [6.07, 6.45) is 1.43. The lowest BCUT2D eigenvalue weighted by Gasteiger charge is -2.10. The Morgan fingerprint density at radius 1 is 1.17 bits per heavy atom. The number of methoxy groups -OCH3 is 1. The monoisotopic (exact) mass is 412 g/mol. The van der Waals surface area contributed by atoms with Gasteiger partial charge in [-0.05, 0) is 48.9 Å². The fourth-order valence-electron chi connectivity index (χ4n) is 2.39. The molecule has 0 unspecified atom stereocenters. The van der Waals surface area contributed by atoms with Crippen LogP contribution in [0.4, 0.5) is 0 Å². The molecule has 0 aliphatic carbocycles. The Kier molecular flexibility index (Phi) is 6.25. The van der Waals surface area contributed by atoms with Gasteiger partial charge in [-0.15, -0.1) is 0 Å². The van der Waals surface area contributed by atoms with E-state index < -0.39 is 11.9 Å². The van der Waals surface area contributed by atoms with Gasteiger partial charge in [0, 0.05) is 5.69 Å². The molecule has 9 heteroatoms. The van der Waals surface area contributed by atoms with E-state index in [0.717, 1.165) is 5.69 Å². The molecule has 3 rings (SSSR count). The second-order valence-electron chi connectivity index (χ2n) is 5.91. The third-order valence-corrected chi connectivity index (χ3v) is 4.13. The Morgan fingerprint density at radius 2 is 1.97 bits per heavy atom. The lowest BCUT2D eigenvalue weighted by molar-refractivity contribution is 0.0729. The predicted molar refractivity (Wildman–Crippen MR) is 108 cm³/mol. The van der Waals surface area contributed by atoms with Gasteiger partial charge in [0.1, 0.15) is 0 Å². The van der Waals surface area contributed by atoms with Crippen molar-refractivity contribution in [2.75, 3.05) is 7.11 Å². The van der Waals surface area contributed by atoms with Gasteiger partial charge in [0.25, 0.3) is 5.91 Å². The minimum absolute atomic E-state index is 0.227. The van der Waals surface area contributed by atoms with E-state index in [0.29, 0.717) is 16.3 Å². The molecule has 0 saturated heterocycles. The molecule has 3 aromatic rings. The lowest BCUT2D eigenvalue weighted by Crippen LogP contribution is -2.18. The summed E-state index contributed by atoms with van der Waals surface area (Å²) >= 11 is 6.02. The number of carbonyl (C=O) groups is 2. The maximum Gasteiger partial charge on any atom is 0.345 e. The van der Waals surface area contributed by atoms with Crippen LogP contribution in [0.3, 0.4) is 0 Å². The molecule has 1 amide bonds. The molecule has 0 aliphatic heterocycles. The molecule has 0 aliphatic rings. The van der Waals surface area contributed by atoms with Crippen LogP contribution in [0.1, 0.15) is 32.1 Å². The summed E-state index contributed by atoms with van der Waals surface area (Å²) in [5, 5.41) is 10.7. The number of rotatable bonds is 6. The topological polar surface area (TPSA) is 106 Å². The van der Waals surface area contributed by atoms with Gasteiger partial charge in [-0.3, -0.25) is 9.89 Å². The Balaban J connectivity index is 1.69. The number of nitrogens with one attached hydrogen (secondary N) is 2. The van der Waals surface area contributed by atoms with E-state index in [2.05, 4.69) is 20.7 Å². The van der Waals surface area contributed by atoms with Crippen LogP contribution < -0.4 is 14.9 Å². The summed E-state index contributed by atoms with van der Waals surface area (Å²) in [5.41, 5.74) is 4.26. The molecule has 8 nitrogen and oxygen atoms in total. The number of amides is 1. The van der Waals surface area contributed by atoms with Gasteiger partial charge >= 0.3 is 5.97 Å². The number of aryl methyl sites for hydroxylation is 1. The van der Waals surface area contributed by atoms with Crippen LogP contribution in [0.25, 0.3) is 0 Å². The van der Waals surface area contributed by atoms with Gasteiger partial charge in [-0.2, -0.15) is 10.2 Å². The average Bonchev–Trinajstić information content (AvgIpc) is 3.15. The van der Waals surface area contributed by atoms with Crippen LogP contribution in [0, 0.1) is 6.92 Å². The zero-order valence-corrected chi connectivity index (χ0v) is 16.4. The number of hydrogen-bond donors (Lipinski definition) is 2. The molecule has 0 atom stereocenters. The Hall–Kier alpha value is -3.65. The van der Waals surface area contributed by atoms with E-state index in [1.165, 1.54) is 13.3 Å². The van der Waals surface area contributed by atoms with Crippen molar-refractivity contribution in [3.8, 4) is 11.5 Å². The van der Waals surface area contributed by atoms with E-state index in [1.54, 1.807) is 55.5 Å². The third-order valence-electron chi connectivity index (χ3n) is 3.80. The Labute approximate surface area is 171 Å². The van der Waals surface area contributed by atoms with E-state index in [1.807, 2.05) is 0 Å². The van der Waals surface area contributed by atoms with Gasteiger partial charge in [0.15, 0.2) is 17.2 Å². The minimum Gasteiger partial charge on any atom is -0.493 e. The van der Waals surface area contributed by atoms with Crippen LogP contribution in [-0.4, -0.2) is 35.4 Å². The molecule has 0 spiro atoms. The Morgan fingerprint density at radius 3 is 2.66 bits per heavy atom. The number of carbonyl (C=O) groups excluding carboxylic acids is 2. The van der Waals surface area contributed by atoms with Gasteiger partial charge in [-0.25, -0.2) is 10.2 Å². The number of H-pyrrole nitrogens is 1. The minimum atomic E-state index is -0.600. The number of nitrogens with zero attached hydrogens (tertiary/aromatic N) is 2. The number of aromatic nitrogens is 2. The average molecular weight is 413 g/mol. The summed E-state index contributed by atoms with van der Waals surface area (Å²) in [5.74, 6) is -0.492. The normalized spacial score (nSPS) is 10.7. The zero-order chi connectivity index (χ0) is 20.8. The van der Waals surface area contributed by atoms with E-state index in [4.69, 9.17) is 21.1 Å². The molecule has 0 saturated carbocycles. The van der Waals surface area contributed by atoms with Crippen molar-refractivity contribution < 1.29 is 19.1 Å². The van der Waals surface area contributed by atoms with Crippen molar-refractivity contribution in [1.82, 2.24) is 15.6 Å². The SMILES string of the molecule is COc1cc(/C=N\NC(=O)c2cc(C)[nH]n2)ccc1OC(=O)c1ccccc1Cl. The quantitative estimate of drug-likeness (QED) is 0.279. The summed E-state index contributed by atoms with van der Waals surface area (Å²) in [7, 11) is 1.45. The second kappa shape index (κ2) is 9.03. The van der Waals surface area contributed by atoms with Crippen LogP contribution in [0.15, 0.2) is 53.6 Å². The van der Waals surface area contributed by atoms with Crippen LogP contribution in [0.2, 0.25) is 5.02 Å². The molecule has 1 aromatic heterocycles. The first kappa shape index (κ1) is 20.1. The summed E-state index contributed by atoms with van der Waals surface area (Å²) in [4.78, 5) is 24.2. The van der Waals surface area contributed by atoms with Crippen molar-refractivity contribution in [3.63, 3.8) is 0 Å². The maximum atomic E-state index is 12.3. The number of aromatic amines is 1. The largest absolute Gasteiger partial charge is 0.493 e. The molecule has 2 N–H and O–H groups in total. The predicted octanol–water partition coefficient (Wildman–Crippen LogP) is 3.36. The summed E-state index contributed by atoms with van der Waals surface area (Å²) < 4.78 is 10.7. The first-order chi connectivity index (χ1) is 14.0. The number of halogens is 1. The Bertz CT molecular complexity index is 1080. The highest BCUT2D eigenvalue weighted by atomic mass is 35.5. The van der Waals surface area contributed by atoms with Crippen molar-refractivity contribution in [2.45, 2.75) is 6.92 Å². The van der Waals surface area contributed by atoms with Gasteiger partial charge < -0.3 is 9.47 Å². The highest BCUT2D eigenvalue weighted by Gasteiger charge is 2.15. The molecule has 1 heterocycles. The molecule has 0 radical (unpaired) electrons. The van der Waals surface area contributed by atoms with Crippen molar-refractivity contribution in [2.24, 2.45) is 5.10 Å². The van der Waals surface area contributed by atoms with E-state index in [9.17, 15) is 9.59 Å². The first-order valence-electron chi connectivity index (χ1n) is 8.48. The maximum absolute atomic E-state index is 12.3. The molecular formula is C20H17ClN4O4. The fraction of sp³-hybridized carbons (Fsp3) is 0.100. The van der Waals surface area contributed by atoms with Crippen LogP contribution in [0.5, 0.6) is 11.5 Å². The van der Waals surface area contributed by atoms with Crippen molar-refractivity contribution >= 4 is 29.7 Å². The second-order valence-corrected chi connectivity index (χ2v) is 6.32. The molecule has 148 valence electrons. The van der Waals surface area contributed by atoms with Gasteiger partial charge in [0.2, 0.25) is 0 Å². The zero-order valence-electron chi connectivity index (χ0n) is 15.6. The van der Waals surface area contributed by atoms with Crippen LogP contribution in [-0.2, 0) is 0 Å². The number of benzene rings is 2.